The first kappa shape index (κ1) is 14.8. The number of rotatable bonds is 4. The van der Waals surface area contributed by atoms with E-state index in [1.807, 2.05) is 13.8 Å². The molecule has 1 rings (SSSR count). The topological polar surface area (TPSA) is 66.5 Å². The van der Waals surface area contributed by atoms with Gasteiger partial charge in [0, 0.05) is 30.3 Å². The minimum Gasteiger partial charge on any atom is -0.323 e. The maximum atomic E-state index is 11.9. The van der Waals surface area contributed by atoms with Crippen LogP contribution in [0.1, 0.15) is 13.8 Å². The molecule has 0 aliphatic carbocycles. The molecule has 100 valence electrons. The summed E-state index contributed by atoms with van der Waals surface area (Å²) in [6, 6.07) is 0.217. The van der Waals surface area contributed by atoms with Crippen molar-refractivity contribution in [1.82, 2.24) is 10.2 Å². The molecule has 5 nitrogen and oxygen atoms in total. The van der Waals surface area contributed by atoms with Crippen molar-refractivity contribution in [3.8, 4) is 0 Å². The molecule has 0 bridgehead atoms. The lowest BCUT2D eigenvalue weighted by Crippen LogP contribution is -2.52. The molecule has 17 heavy (non-hydrogen) atoms. The lowest BCUT2D eigenvalue weighted by molar-refractivity contribution is -0.130. The number of hydrogen-bond donors (Lipinski definition) is 1. The molecule has 0 aromatic rings. The zero-order valence-electron chi connectivity index (χ0n) is 10.5. The van der Waals surface area contributed by atoms with E-state index >= 15 is 0 Å². The van der Waals surface area contributed by atoms with E-state index in [-0.39, 0.29) is 18.5 Å². The highest BCUT2D eigenvalue weighted by Crippen LogP contribution is 2.20. The Kier molecular flexibility index (Phi) is 5.27. The van der Waals surface area contributed by atoms with Gasteiger partial charge in [0.25, 0.3) is 0 Å². The van der Waals surface area contributed by atoms with Crippen molar-refractivity contribution >= 4 is 27.5 Å². The van der Waals surface area contributed by atoms with E-state index in [1.54, 1.807) is 11.8 Å². The molecule has 0 saturated carbocycles. The Balaban J connectivity index is 2.68. The highest BCUT2D eigenvalue weighted by molar-refractivity contribution is 8.00. The van der Waals surface area contributed by atoms with Gasteiger partial charge < -0.3 is 10.2 Å². The number of thioether (sulfide) groups is 1. The summed E-state index contributed by atoms with van der Waals surface area (Å²) in [5.74, 6) is 1.15. The van der Waals surface area contributed by atoms with Crippen LogP contribution < -0.4 is 5.32 Å². The summed E-state index contributed by atoms with van der Waals surface area (Å²) in [4.78, 5) is 13.4. The van der Waals surface area contributed by atoms with Gasteiger partial charge in [-0.3, -0.25) is 4.79 Å². The summed E-state index contributed by atoms with van der Waals surface area (Å²) in [6.45, 7) is 4.62. The van der Waals surface area contributed by atoms with Crippen molar-refractivity contribution in [2.75, 3.05) is 30.9 Å². The summed E-state index contributed by atoms with van der Waals surface area (Å²) < 4.78 is 23.2. The van der Waals surface area contributed by atoms with E-state index in [9.17, 15) is 13.2 Å². The van der Waals surface area contributed by atoms with Gasteiger partial charge in [0.2, 0.25) is 5.91 Å². The van der Waals surface area contributed by atoms with E-state index in [0.29, 0.717) is 12.3 Å². The largest absolute Gasteiger partial charge is 0.323 e. The molecular formula is C10H20N2O3S2. The Hall–Kier alpha value is -0.270. The quantitative estimate of drug-likeness (QED) is 0.781. The third-order valence-corrected chi connectivity index (χ3v) is 5.20. The lowest BCUT2D eigenvalue weighted by atomic mass is 10.3. The minimum absolute atomic E-state index is 0.130. The van der Waals surface area contributed by atoms with Gasteiger partial charge in [-0.05, 0) is 0 Å². The van der Waals surface area contributed by atoms with Gasteiger partial charge in [-0.2, -0.15) is 11.8 Å². The maximum Gasteiger partial charge on any atom is 0.237 e. The van der Waals surface area contributed by atoms with Crippen LogP contribution >= 0.6 is 11.8 Å². The van der Waals surface area contributed by atoms with Gasteiger partial charge in [0.1, 0.15) is 5.37 Å². The Bertz CT molecular complexity index is 368. The zero-order valence-corrected chi connectivity index (χ0v) is 12.1. The van der Waals surface area contributed by atoms with Crippen LogP contribution in [-0.4, -0.2) is 61.5 Å². The molecule has 1 aliphatic rings. The standard InChI is InChI=1S/C10H20N2O3S2/c1-8(2)11-6-9(13)12-4-5-16-7-10(12)17(3,14)15/h8,10-11H,4-7H2,1-3H3. The summed E-state index contributed by atoms with van der Waals surface area (Å²) >= 11 is 1.58. The lowest BCUT2D eigenvalue weighted by Gasteiger charge is -2.34. The molecule has 0 spiro atoms. The van der Waals surface area contributed by atoms with Crippen LogP contribution in [0.2, 0.25) is 0 Å². The van der Waals surface area contributed by atoms with E-state index in [0.717, 1.165) is 5.75 Å². The van der Waals surface area contributed by atoms with Crippen LogP contribution in [0.4, 0.5) is 0 Å². The molecule has 0 radical (unpaired) electrons. The molecule has 1 fully saturated rings. The number of carbonyl (C=O) groups excluding carboxylic acids is 1. The Morgan fingerprint density at radius 3 is 2.71 bits per heavy atom. The number of amides is 1. The Morgan fingerprint density at radius 2 is 2.18 bits per heavy atom. The number of carbonyl (C=O) groups is 1. The fourth-order valence-corrected chi connectivity index (χ4v) is 4.45. The monoisotopic (exact) mass is 280 g/mol. The summed E-state index contributed by atoms with van der Waals surface area (Å²) in [6.07, 6.45) is 1.19. The van der Waals surface area contributed by atoms with Gasteiger partial charge >= 0.3 is 0 Å². The number of hydrogen-bond acceptors (Lipinski definition) is 5. The third-order valence-electron chi connectivity index (χ3n) is 2.56. The van der Waals surface area contributed by atoms with Gasteiger partial charge in [0.15, 0.2) is 9.84 Å². The van der Waals surface area contributed by atoms with Crippen LogP contribution in [0.3, 0.4) is 0 Å². The summed E-state index contributed by atoms with van der Waals surface area (Å²) in [5, 5.41) is 2.36. The van der Waals surface area contributed by atoms with Crippen molar-refractivity contribution in [3.63, 3.8) is 0 Å². The van der Waals surface area contributed by atoms with Crippen LogP contribution in [0.5, 0.6) is 0 Å². The second-order valence-corrected chi connectivity index (χ2v) is 7.83. The number of sulfone groups is 1. The van der Waals surface area contributed by atoms with Crippen molar-refractivity contribution < 1.29 is 13.2 Å². The highest BCUT2D eigenvalue weighted by Gasteiger charge is 2.33. The molecule has 1 atom stereocenters. The average molecular weight is 280 g/mol. The molecule has 1 amide bonds. The van der Waals surface area contributed by atoms with Gasteiger partial charge in [-0.1, -0.05) is 13.8 Å². The SMILES string of the molecule is CC(C)NCC(=O)N1CCSCC1S(C)(=O)=O. The first-order chi connectivity index (χ1) is 7.82. The van der Waals surface area contributed by atoms with Crippen molar-refractivity contribution in [3.05, 3.63) is 0 Å². The summed E-state index contributed by atoms with van der Waals surface area (Å²) in [7, 11) is -3.20. The highest BCUT2D eigenvalue weighted by atomic mass is 32.2. The first-order valence-corrected chi connectivity index (χ1v) is 8.72. The van der Waals surface area contributed by atoms with Crippen LogP contribution in [0, 0.1) is 0 Å². The number of nitrogens with zero attached hydrogens (tertiary/aromatic N) is 1. The second-order valence-electron chi connectivity index (χ2n) is 4.48. The normalized spacial score (nSPS) is 21.9. The van der Waals surface area contributed by atoms with Crippen LogP contribution in [-0.2, 0) is 14.6 Å². The van der Waals surface area contributed by atoms with E-state index in [2.05, 4.69) is 5.32 Å². The van der Waals surface area contributed by atoms with E-state index < -0.39 is 15.2 Å². The van der Waals surface area contributed by atoms with Crippen LogP contribution in [0.25, 0.3) is 0 Å². The summed E-state index contributed by atoms with van der Waals surface area (Å²) in [5.41, 5.74) is 0. The van der Waals surface area contributed by atoms with Crippen molar-refractivity contribution in [2.45, 2.75) is 25.3 Å². The Labute approximate surface area is 107 Å². The molecule has 1 heterocycles. The molecule has 1 unspecified atom stereocenters. The predicted octanol–water partition coefficient (Wildman–Crippen LogP) is -0.0695. The molecule has 1 aliphatic heterocycles. The fourth-order valence-electron chi connectivity index (χ4n) is 1.61. The molecule has 7 heteroatoms. The van der Waals surface area contributed by atoms with Gasteiger partial charge in [-0.25, -0.2) is 8.42 Å². The molecule has 0 aromatic heterocycles. The zero-order chi connectivity index (χ0) is 13.1. The van der Waals surface area contributed by atoms with Gasteiger partial charge in [-0.15, -0.1) is 0 Å². The van der Waals surface area contributed by atoms with E-state index in [4.69, 9.17) is 0 Å². The smallest absolute Gasteiger partial charge is 0.237 e. The van der Waals surface area contributed by atoms with Gasteiger partial charge in [0.05, 0.1) is 6.54 Å². The van der Waals surface area contributed by atoms with E-state index in [1.165, 1.54) is 11.2 Å². The van der Waals surface area contributed by atoms with Crippen molar-refractivity contribution in [1.29, 1.82) is 0 Å². The van der Waals surface area contributed by atoms with Crippen molar-refractivity contribution in [2.24, 2.45) is 0 Å². The molecule has 1 N–H and O–H groups in total. The fraction of sp³-hybridized carbons (Fsp3) is 0.900. The number of nitrogens with one attached hydrogen (secondary N) is 1. The predicted molar refractivity (Wildman–Crippen MR) is 70.8 cm³/mol. The minimum atomic E-state index is -3.20. The second kappa shape index (κ2) is 6.06. The first-order valence-electron chi connectivity index (χ1n) is 5.62. The third kappa shape index (κ3) is 4.48. The van der Waals surface area contributed by atoms with Crippen LogP contribution in [0.15, 0.2) is 0 Å². The molecule has 1 saturated heterocycles. The molecular weight excluding hydrogens is 260 g/mol. The Morgan fingerprint density at radius 1 is 1.53 bits per heavy atom. The average Bonchev–Trinajstić information content (AvgIpc) is 2.24. The maximum absolute atomic E-state index is 11.9. The molecule has 0 aromatic carbocycles.